The Labute approximate surface area is 139 Å². The highest BCUT2D eigenvalue weighted by molar-refractivity contribution is 5.41. The van der Waals surface area contributed by atoms with Gasteiger partial charge in [0.15, 0.2) is 0 Å². The van der Waals surface area contributed by atoms with Gasteiger partial charge >= 0.3 is 0 Å². The summed E-state index contributed by atoms with van der Waals surface area (Å²) in [5, 5.41) is 0. The number of rotatable bonds is 8. The highest BCUT2D eigenvalue weighted by Gasteiger charge is 2.22. The summed E-state index contributed by atoms with van der Waals surface area (Å²) in [5.74, 6) is 1.81. The molecule has 0 radical (unpaired) electrons. The second-order valence-electron chi connectivity index (χ2n) is 6.73. The summed E-state index contributed by atoms with van der Waals surface area (Å²) < 4.78 is 6.09. The van der Waals surface area contributed by atoms with Gasteiger partial charge in [0.2, 0.25) is 0 Å². The van der Waals surface area contributed by atoms with Crippen LogP contribution in [0.3, 0.4) is 0 Å². The van der Waals surface area contributed by atoms with Crippen molar-refractivity contribution in [3.8, 4) is 5.75 Å². The lowest BCUT2D eigenvalue weighted by molar-refractivity contribution is 0.297. The summed E-state index contributed by atoms with van der Waals surface area (Å²) in [7, 11) is 0. The van der Waals surface area contributed by atoms with Crippen LogP contribution in [0.5, 0.6) is 5.75 Å². The van der Waals surface area contributed by atoms with E-state index in [9.17, 15) is 0 Å². The van der Waals surface area contributed by atoms with Gasteiger partial charge in [0.05, 0.1) is 6.61 Å². The van der Waals surface area contributed by atoms with Gasteiger partial charge in [0.25, 0.3) is 0 Å². The first-order valence-electron chi connectivity index (χ1n) is 8.78. The average Bonchev–Trinajstić information content (AvgIpc) is 3.39. The summed E-state index contributed by atoms with van der Waals surface area (Å²) >= 11 is 0. The minimum absolute atomic E-state index is 0.234. The van der Waals surface area contributed by atoms with Crippen molar-refractivity contribution in [2.24, 2.45) is 11.7 Å². The van der Waals surface area contributed by atoms with E-state index in [4.69, 9.17) is 10.5 Å². The van der Waals surface area contributed by atoms with Crippen LogP contribution >= 0.6 is 0 Å². The van der Waals surface area contributed by atoms with Gasteiger partial charge in [0.1, 0.15) is 5.75 Å². The van der Waals surface area contributed by atoms with Gasteiger partial charge in [-0.25, -0.2) is 0 Å². The quantitative estimate of drug-likeness (QED) is 0.787. The third-order valence-electron chi connectivity index (χ3n) is 4.56. The fourth-order valence-electron chi connectivity index (χ4n) is 2.79. The Balaban J connectivity index is 1.79. The first kappa shape index (κ1) is 16.1. The van der Waals surface area contributed by atoms with Crippen LogP contribution in [0, 0.1) is 5.92 Å². The zero-order chi connectivity index (χ0) is 16.1. The summed E-state index contributed by atoms with van der Waals surface area (Å²) in [6.45, 7) is 3.00. The highest BCUT2D eigenvalue weighted by atomic mass is 16.5. The van der Waals surface area contributed by atoms with Crippen molar-refractivity contribution in [2.75, 3.05) is 6.61 Å². The fourth-order valence-corrected chi connectivity index (χ4v) is 2.79. The van der Waals surface area contributed by atoms with Crippen molar-refractivity contribution in [3.05, 3.63) is 65.2 Å². The molecule has 0 amide bonds. The van der Waals surface area contributed by atoms with Gasteiger partial charge in [-0.1, -0.05) is 49.4 Å². The van der Waals surface area contributed by atoms with Crippen LogP contribution in [-0.2, 0) is 12.8 Å². The van der Waals surface area contributed by atoms with E-state index in [1.54, 1.807) is 0 Å². The van der Waals surface area contributed by atoms with Crippen molar-refractivity contribution in [2.45, 2.75) is 45.1 Å². The first-order chi connectivity index (χ1) is 11.2. The zero-order valence-corrected chi connectivity index (χ0v) is 14.0. The second-order valence-corrected chi connectivity index (χ2v) is 6.73. The van der Waals surface area contributed by atoms with E-state index in [0.29, 0.717) is 0 Å². The maximum Gasteiger partial charge on any atom is 0.122 e. The molecule has 1 atom stereocenters. The molecule has 2 heteroatoms. The van der Waals surface area contributed by atoms with Crippen molar-refractivity contribution in [1.82, 2.24) is 0 Å². The number of nitrogens with two attached hydrogens (primary N) is 1. The Bertz CT molecular complexity index is 619. The van der Waals surface area contributed by atoms with Gasteiger partial charge in [-0.2, -0.15) is 0 Å². The third kappa shape index (κ3) is 4.84. The molecule has 1 unspecified atom stereocenters. The van der Waals surface area contributed by atoms with Crippen LogP contribution in [0.25, 0.3) is 0 Å². The molecule has 0 aliphatic heterocycles. The minimum atomic E-state index is 0.234. The smallest absolute Gasteiger partial charge is 0.122 e. The van der Waals surface area contributed by atoms with Crippen LogP contribution in [0.15, 0.2) is 48.5 Å². The van der Waals surface area contributed by atoms with Gasteiger partial charge in [0, 0.05) is 12.5 Å². The molecule has 1 aliphatic carbocycles. The Morgan fingerprint density at radius 1 is 1.09 bits per heavy atom. The van der Waals surface area contributed by atoms with Crippen LogP contribution in [0.4, 0.5) is 0 Å². The third-order valence-corrected chi connectivity index (χ3v) is 4.56. The average molecular weight is 309 g/mol. The maximum absolute atomic E-state index is 6.12. The SMILES string of the molecule is CCC(N)Cc1ccc(OCC2CC2)c(Cc2ccccc2)c1. The van der Waals surface area contributed by atoms with E-state index in [-0.39, 0.29) is 6.04 Å². The highest BCUT2D eigenvalue weighted by Crippen LogP contribution is 2.31. The molecule has 2 aromatic rings. The van der Waals surface area contributed by atoms with Crippen LogP contribution < -0.4 is 10.5 Å². The second kappa shape index (κ2) is 7.65. The Morgan fingerprint density at radius 3 is 2.57 bits per heavy atom. The number of hydrogen-bond acceptors (Lipinski definition) is 2. The van der Waals surface area contributed by atoms with E-state index in [1.165, 1.54) is 29.5 Å². The van der Waals surface area contributed by atoms with Crippen LogP contribution in [0.2, 0.25) is 0 Å². The molecule has 0 saturated heterocycles. The van der Waals surface area contributed by atoms with Crippen molar-refractivity contribution in [3.63, 3.8) is 0 Å². The Morgan fingerprint density at radius 2 is 1.87 bits per heavy atom. The Hall–Kier alpha value is -1.80. The molecule has 3 rings (SSSR count). The summed E-state index contributed by atoms with van der Waals surface area (Å²) in [6.07, 6.45) is 5.49. The predicted octanol–water partition coefficient (Wildman–Crippen LogP) is 4.35. The lowest BCUT2D eigenvalue weighted by Gasteiger charge is -2.15. The van der Waals surface area contributed by atoms with Crippen molar-refractivity contribution >= 4 is 0 Å². The number of ether oxygens (including phenoxy) is 1. The van der Waals surface area contributed by atoms with Gasteiger partial charge in [-0.15, -0.1) is 0 Å². The number of benzene rings is 2. The first-order valence-corrected chi connectivity index (χ1v) is 8.78. The monoisotopic (exact) mass is 309 g/mol. The summed E-state index contributed by atoms with van der Waals surface area (Å²) in [6, 6.07) is 17.4. The largest absolute Gasteiger partial charge is 0.493 e. The van der Waals surface area contributed by atoms with Gasteiger partial charge in [-0.05, 0) is 54.4 Å². The summed E-state index contributed by atoms with van der Waals surface area (Å²) in [4.78, 5) is 0. The molecule has 0 bridgehead atoms. The molecule has 2 nitrogen and oxygen atoms in total. The fraction of sp³-hybridized carbons (Fsp3) is 0.429. The normalized spacial score (nSPS) is 15.4. The molecule has 122 valence electrons. The molecule has 0 aromatic heterocycles. The zero-order valence-electron chi connectivity index (χ0n) is 14.0. The number of hydrogen-bond donors (Lipinski definition) is 1. The molecule has 0 spiro atoms. The van der Waals surface area contributed by atoms with E-state index in [0.717, 1.165) is 37.5 Å². The van der Waals surface area contributed by atoms with E-state index >= 15 is 0 Å². The van der Waals surface area contributed by atoms with Crippen molar-refractivity contribution in [1.29, 1.82) is 0 Å². The molecule has 1 aliphatic rings. The topological polar surface area (TPSA) is 35.2 Å². The standard InChI is InChI=1S/C21H27NO/c1-2-20(22)14-18-10-11-21(23-15-17-8-9-17)19(13-18)12-16-6-4-3-5-7-16/h3-7,10-11,13,17,20H,2,8-9,12,14-15,22H2,1H3. The maximum atomic E-state index is 6.12. The molecule has 0 heterocycles. The van der Waals surface area contributed by atoms with Gasteiger partial charge in [-0.3, -0.25) is 0 Å². The lowest BCUT2D eigenvalue weighted by atomic mass is 9.98. The summed E-state index contributed by atoms with van der Waals surface area (Å²) in [5.41, 5.74) is 10.0. The molecule has 1 fully saturated rings. The predicted molar refractivity (Wildman–Crippen MR) is 95.9 cm³/mol. The molecule has 23 heavy (non-hydrogen) atoms. The minimum Gasteiger partial charge on any atom is -0.493 e. The molecule has 2 aromatic carbocycles. The van der Waals surface area contributed by atoms with Crippen molar-refractivity contribution < 1.29 is 4.74 Å². The molecule has 1 saturated carbocycles. The Kier molecular flexibility index (Phi) is 5.35. The van der Waals surface area contributed by atoms with E-state index in [2.05, 4.69) is 55.5 Å². The van der Waals surface area contributed by atoms with E-state index in [1.807, 2.05) is 0 Å². The molecule has 2 N–H and O–H groups in total. The van der Waals surface area contributed by atoms with E-state index < -0.39 is 0 Å². The van der Waals surface area contributed by atoms with Crippen LogP contribution in [0.1, 0.15) is 42.9 Å². The molecular formula is C21H27NO. The lowest BCUT2D eigenvalue weighted by Crippen LogP contribution is -2.21. The van der Waals surface area contributed by atoms with Crippen LogP contribution in [-0.4, -0.2) is 12.6 Å². The molecular weight excluding hydrogens is 282 g/mol. The van der Waals surface area contributed by atoms with Gasteiger partial charge < -0.3 is 10.5 Å².